The number of hydrogen-bond acceptors (Lipinski definition) is 5. The first-order valence-electron chi connectivity index (χ1n) is 8.74. The third-order valence-electron chi connectivity index (χ3n) is 4.95. The summed E-state index contributed by atoms with van der Waals surface area (Å²) in [6.07, 6.45) is -1.70. The SMILES string of the molecule is CN(c1c2c(c(O)c3ncccc13)C(=O)N(Cc1ccc(C(F)(F)F)o1)C2)S(C)=O. The van der Waals surface area contributed by atoms with Crippen LogP contribution in [0.15, 0.2) is 34.9 Å². The Morgan fingerprint density at radius 1 is 1.33 bits per heavy atom. The Morgan fingerprint density at radius 3 is 2.70 bits per heavy atom. The normalized spacial score (nSPS) is 15.0. The summed E-state index contributed by atoms with van der Waals surface area (Å²) < 4.78 is 56.8. The number of aromatic hydroxyl groups is 1. The molecule has 4 rings (SSSR count). The minimum Gasteiger partial charge on any atom is -0.505 e. The predicted molar refractivity (Wildman–Crippen MR) is 103 cm³/mol. The molecule has 1 aliphatic rings. The van der Waals surface area contributed by atoms with E-state index in [0.717, 1.165) is 12.1 Å². The van der Waals surface area contributed by atoms with E-state index in [1.54, 1.807) is 19.2 Å². The van der Waals surface area contributed by atoms with Gasteiger partial charge in [0, 0.05) is 37.0 Å². The number of anilines is 1. The number of pyridine rings is 1. The molecule has 11 heteroatoms. The highest BCUT2D eigenvalue weighted by molar-refractivity contribution is 7.85. The van der Waals surface area contributed by atoms with E-state index in [4.69, 9.17) is 4.42 Å². The molecule has 7 nitrogen and oxygen atoms in total. The second-order valence-corrected chi connectivity index (χ2v) is 8.19. The highest BCUT2D eigenvalue weighted by Gasteiger charge is 2.38. The molecule has 0 fully saturated rings. The number of furan rings is 1. The fourth-order valence-corrected chi connectivity index (χ4v) is 4.02. The van der Waals surface area contributed by atoms with E-state index in [1.807, 2.05) is 0 Å². The first-order chi connectivity index (χ1) is 14.1. The Hall–Kier alpha value is -3.08. The van der Waals surface area contributed by atoms with Crippen LogP contribution in [0.2, 0.25) is 0 Å². The maximum Gasteiger partial charge on any atom is 0.449 e. The molecule has 1 unspecified atom stereocenters. The Labute approximate surface area is 171 Å². The number of fused-ring (bicyclic) bond motifs is 2. The third-order valence-corrected chi connectivity index (χ3v) is 5.90. The van der Waals surface area contributed by atoms with E-state index < -0.39 is 28.8 Å². The molecule has 1 aromatic carbocycles. The molecular weight excluding hydrogens is 423 g/mol. The van der Waals surface area contributed by atoms with Crippen LogP contribution in [0.3, 0.4) is 0 Å². The zero-order valence-electron chi connectivity index (χ0n) is 15.9. The lowest BCUT2D eigenvalue weighted by molar-refractivity contribution is -0.153. The monoisotopic (exact) mass is 439 g/mol. The molecule has 30 heavy (non-hydrogen) atoms. The van der Waals surface area contributed by atoms with Gasteiger partial charge in [0.05, 0.1) is 17.8 Å². The first-order valence-corrected chi connectivity index (χ1v) is 10.3. The molecule has 2 aromatic heterocycles. The maximum atomic E-state index is 13.0. The maximum absolute atomic E-state index is 13.0. The summed E-state index contributed by atoms with van der Waals surface area (Å²) >= 11 is 0. The molecule has 0 saturated carbocycles. The highest BCUT2D eigenvalue weighted by atomic mass is 32.2. The van der Waals surface area contributed by atoms with Crippen molar-refractivity contribution in [2.24, 2.45) is 0 Å². The van der Waals surface area contributed by atoms with Crippen molar-refractivity contribution in [3.8, 4) is 5.75 Å². The third kappa shape index (κ3) is 3.18. The number of rotatable bonds is 4. The number of halogens is 3. The van der Waals surface area contributed by atoms with Crippen molar-refractivity contribution in [2.75, 3.05) is 17.6 Å². The molecule has 158 valence electrons. The molecule has 1 amide bonds. The van der Waals surface area contributed by atoms with Crippen molar-refractivity contribution in [3.63, 3.8) is 0 Å². The molecule has 3 aromatic rings. The molecule has 0 aliphatic carbocycles. The molecular formula is C19H16F3N3O4S. The number of phenols is 1. The van der Waals surface area contributed by atoms with Crippen LogP contribution < -0.4 is 4.31 Å². The zero-order chi connectivity index (χ0) is 21.8. The number of nitrogens with zero attached hydrogens (tertiary/aromatic N) is 3. The number of amides is 1. The molecule has 0 bridgehead atoms. The van der Waals surface area contributed by atoms with Crippen LogP contribution in [-0.2, 0) is 30.3 Å². The van der Waals surface area contributed by atoms with Gasteiger partial charge in [0.1, 0.15) is 22.3 Å². The van der Waals surface area contributed by atoms with E-state index in [2.05, 4.69) is 4.98 Å². The quantitative estimate of drug-likeness (QED) is 0.673. The van der Waals surface area contributed by atoms with Gasteiger partial charge in [-0.25, -0.2) is 4.21 Å². The fraction of sp³-hybridized carbons (Fsp3) is 0.263. The zero-order valence-corrected chi connectivity index (χ0v) is 16.7. The summed E-state index contributed by atoms with van der Waals surface area (Å²) in [5.41, 5.74) is 1.07. The van der Waals surface area contributed by atoms with Crippen molar-refractivity contribution < 1.29 is 31.7 Å². The summed E-state index contributed by atoms with van der Waals surface area (Å²) in [5.74, 6) is -2.08. The van der Waals surface area contributed by atoms with Crippen LogP contribution in [-0.4, -0.2) is 38.4 Å². The number of phenolic OH excluding ortho intramolecular Hbond substituents is 1. The van der Waals surface area contributed by atoms with Gasteiger partial charge < -0.3 is 14.4 Å². The van der Waals surface area contributed by atoms with Crippen LogP contribution in [0.1, 0.15) is 27.4 Å². The first kappa shape index (κ1) is 20.2. The minimum atomic E-state index is -4.63. The summed E-state index contributed by atoms with van der Waals surface area (Å²) in [6.45, 7) is -0.212. The number of carbonyl (C=O) groups is 1. The Kier molecular flexibility index (Phi) is 4.72. The van der Waals surface area contributed by atoms with Crippen LogP contribution in [0.5, 0.6) is 5.75 Å². The summed E-state index contributed by atoms with van der Waals surface area (Å²) in [5, 5.41) is 11.2. The van der Waals surface area contributed by atoms with Crippen LogP contribution in [0.4, 0.5) is 18.9 Å². The van der Waals surface area contributed by atoms with Crippen LogP contribution >= 0.6 is 0 Å². The van der Waals surface area contributed by atoms with Gasteiger partial charge in [0.25, 0.3) is 5.91 Å². The Balaban J connectivity index is 1.79. The average Bonchev–Trinajstić information content (AvgIpc) is 3.27. The van der Waals surface area contributed by atoms with Crippen molar-refractivity contribution in [1.29, 1.82) is 0 Å². The van der Waals surface area contributed by atoms with Gasteiger partial charge in [0.15, 0.2) is 5.75 Å². The largest absolute Gasteiger partial charge is 0.505 e. The van der Waals surface area contributed by atoms with Gasteiger partial charge in [-0.3, -0.25) is 14.1 Å². The Bertz CT molecular complexity index is 1190. The second kappa shape index (κ2) is 7.01. The molecule has 1 atom stereocenters. The summed E-state index contributed by atoms with van der Waals surface area (Å²) in [7, 11) is 0.155. The van der Waals surface area contributed by atoms with Gasteiger partial charge in [-0.15, -0.1) is 0 Å². The molecule has 0 radical (unpaired) electrons. The smallest absolute Gasteiger partial charge is 0.449 e. The lowest BCUT2D eigenvalue weighted by atomic mass is 10.0. The Morgan fingerprint density at radius 2 is 2.07 bits per heavy atom. The number of benzene rings is 1. The van der Waals surface area contributed by atoms with Gasteiger partial charge in [0.2, 0.25) is 5.76 Å². The van der Waals surface area contributed by atoms with Gasteiger partial charge in [-0.2, -0.15) is 13.2 Å². The van der Waals surface area contributed by atoms with Gasteiger partial charge in [-0.1, -0.05) is 0 Å². The molecule has 1 aliphatic heterocycles. The molecule has 0 spiro atoms. The van der Waals surface area contributed by atoms with Crippen molar-refractivity contribution in [1.82, 2.24) is 9.88 Å². The van der Waals surface area contributed by atoms with Gasteiger partial charge >= 0.3 is 6.18 Å². The van der Waals surface area contributed by atoms with Crippen LogP contribution in [0.25, 0.3) is 10.9 Å². The molecule has 0 saturated heterocycles. The van der Waals surface area contributed by atoms with E-state index in [0.29, 0.717) is 16.6 Å². The van der Waals surface area contributed by atoms with Crippen molar-refractivity contribution >= 4 is 33.5 Å². The van der Waals surface area contributed by atoms with E-state index >= 15 is 0 Å². The van der Waals surface area contributed by atoms with Gasteiger partial charge in [-0.05, 0) is 24.3 Å². The summed E-state index contributed by atoms with van der Waals surface area (Å²) in [6, 6.07) is 5.31. The molecule has 3 heterocycles. The van der Waals surface area contributed by atoms with Crippen LogP contribution in [0, 0.1) is 0 Å². The standard InChI is InChI=1S/C19H16F3N3O4S/c1-24(30(2)28)16-11-4-3-7-23-15(11)17(26)14-12(16)9-25(18(14)27)8-10-5-6-13(29-10)19(20,21)22/h3-7,26H,8-9H2,1-2H3. The number of carbonyl (C=O) groups excluding carboxylic acids is 1. The fourth-order valence-electron chi connectivity index (χ4n) is 3.55. The van der Waals surface area contributed by atoms with E-state index in [1.165, 1.54) is 21.7 Å². The number of alkyl halides is 3. The minimum absolute atomic E-state index is 0.00361. The topological polar surface area (TPSA) is 86.9 Å². The van der Waals surface area contributed by atoms with E-state index in [9.17, 15) is 27.3 Å². The lowest BCUT2D eigenvalue weighted by Crippen LogP contribution is -2.23. The lowest BCUT2D eigenvalue weighted by Gasteiger charge is -2.21. The van der Waals surface area contributed by atoms with Crippen molar-refractivity contribution in [3.05, 3.63) is 53.1 Å². The average molecular weight is 439 g/mol. The number of hydrogen-bond donors (Lipinski definition) is 1. The summed E-state index contributed by atoms with van der Waals surface area (Å²) in [4.78, 5) is 18.4. The number of aromatic nitrogens is 1. The highest BCUT2D eigenvalue weighted by Crippen LogP contribution is 2.44. The second-order valence-electron chi connectivity index (χ2n) is 6.80. The predicted octanol–water partition coefficient (Wildman–Crippen LogP) is 3.44. The molecule has 1 N–H and O–H groups in total. The van der Waals surface area contributed by atoms with E-state index in [-0.39, 0.29) is 35.7 Å². The van der Waals surface area contributed by atoms with Crippen molar-refractivity contribution in [2.45, 2.75) is 19.3 Å².